The van der Waals surface area contributed by atoms with E-state index in [1.54, 1.807) is 17.0 Å². The van der Waals surface area contributed by atoms with Crippen molar-refractivity contribution in [2.45, 2.75) is 135 Å². The molecule has 17 N–H and O–H groups in total. The van der Waals surface area contributed by atoms with Gasteiger partial charge in [-0.05, 0) is 94.0 Å². The van der Waals surface area contributed by atoms with E-state index < -0.39 is 42.2 Å². The molecular formula is C43H79N13O8. The van der Waals surface area contributed by atoms with Crippen LogP contribution < -0.4 is 65.1 Å². The molecule has 0 bridgehead atoms. The second kappa shape index (κ2) is 30.7. The molecule has 0 saturated carbocycles. The van der Waals surface area contributed by atoms with E-state index in [9.17, 15) is 39.0 Å². The third-order valence-corrected chi connectivity index (χ3v) is 11.2. The highest BCUT2D eigenvalue weighted by molar-refractivity contribution is 5.82. The normalized spacial score (nSPS) is 16.3. The van der Waals surface area contributed by atoms with Gasteiger partial charge < -0.3 is 80.2 Å². The average molecular weight is 906 g/mol. The molecule has 0 spiro atoms. The lowest BCUT2D eigenvalue weighted by atomic mass is 9.99. The smallest absolute Gasteiger partial charge is 0.326 e. The third-order valence-electron chi connectivity index (χ3n) is 11.2. The Morgan fingerprint density at radius 1 is 0.734 bits per heavy atom. The van der Waals surface area contributed by atoms with Gasteiger partial charge in [0.25, 0.3) is 0 Å². The Bertz CT molecular complexity index is 1560. The molecule has 1 unspecified atom stereocenters. The maximum atomic E-state index is 13.4. The maximum Gasteiger partial charge on any atom is 0.326 e. The number of likely N-dealkylation sites (tertiary alicyclic amines) is 1. The summed E-state index contributed by atoms with van der Waals surface area (Å²) in [6.07, 6.45) is 7.33. The number of nitrogens with one attached hydrogen (secondary N) is 9. The molecular weight excluding hydrogens is 827 g/mol. The number of rotatable bonds is 29. The van der Waals surface area contributed by atoms with Crippen molar-refractivity contribution in [2.75, 3.05) is 52.4 Å². The monoisotopic (exact) mass is 906 g/mol. The first-order chi connectivity index (χ1) is 30.5. The molecule has 364 valence electrons. The summed E-state index contributed by atoms with van der Waals surface area (Å²) in [7, 11) is 0. The van der Waals surface area contributed by atoms with E-state index in [0.29, 0.717) is 51.9 Å². The standard InChI is InChI=1S/C43H79N13O8/c1-5-29(4)37(27-50-42(63)54-36(38(58)59)21-28(2)3)55-41(62)48-25-33(22-30-14-16-35(57)17-15-30)53-40(61)49-26-34-13-10-20-56(34)43(64)51-24-32(12-7-9-19-45)52-39(60)47-23-31(46)11-6-8-18-44/h14-17,28-29,31-34,36-37,57H,5-13,18-27,44-46H2,1-4H3,(H,51,64)(H,58,59)(H2,47,52,60)(H2,48,55,62)(H2,49,53,61)(H2,50,54,63)/t29?,31-,32-,33-,34-,36-,37+/m0/s1. The molecule has 10 amide bonds. The van der Waals surface area contributed by atoms with Crippen LogP contribution in [-0.2, 0) is 11.2 Å². The van der Waals surface area contributed by atoms with Crippen LogP contribution in [0.2, 0.25) is 0 Å². The highest BCUT2D eigenvalue weighted by atomic mass is 16.4. The van der Waals surface area contributed by atoms with Crippen LogP contribution in [0.5, 0.6) is 5.75 Å². The van der Waals surface area contributed by atoms with Crippen molar-refractivity contribution in [3.05, 3.63) is 29.8 Å². The number of hydrogen-bond donors (Lipinski definition) is 14. The Morgan fingerprint density at radius 3 is 1.95 bits per heavy atom. The molecule has 7 atom stereocenters. The van der Waals surface area contributed by atoms with E-state index in [4.69, 9.17) is 17.2 Å². The summed E-state index contributed by atoms with van der Waals surface area (Å²) in [5, 5.41) is 44.7. The average Bonchev–Trinajstić information content (AvgIpc) is 3.73. The number of carbonyl (C=O) groups excluding carboxylic acids is 5. The number of carbonyl (C=O) groups is 6. The third kappa shape index (κ3) is 22.9. The highest BCUT2D eigenvalue weighted by Crippen LogP contribution is 2.17. The number of benzene rings is 1. The lowest BCUT2D eigenvalue weighted by Gasteiger charge is -2.28. The van der Waals surface area contributed by atoms with Crippen LogP contribution in [-0.4, -0.2) is 140 Å². The summed E-state index contributed by atoms with van der Waals surface area (Å²) in [5.41, 5.74) is 18.2. The van der Waals surface area contributed by atoms with Gasteiger partial charge in [0.2, 0.25) is 0 Å². The number of carboxylic acid groups (broad SMARTS) is 1. The molecule has 1 aromatic carbocycles. The highest BCUT2D eigenvalue weighted by Gasteiger charge is 2.30. The number of carboxylic acids is 1. The number of phenolic OH excluding ortho intramolecular Hbond substituents is 1. The molecule has 1 fully saturated rings. The van der Waals surface area contributed by atoms with Crippen molar-refractivity contribution in [2.24, 2.45) is 29.0 Å². The minimum absolute atomic E-state index is 0.0226. The lowest BCUT2D eigenvalue weighted by Crippen LogP contribution is -2.56. The molecule has 1 aliphatic heterocycles. The Morgan fingerprint density at radius 2 is 1.31 bits per heavy atom. The van der Waals surface area contributed by atoms with E-state index >= 15 is 0 Å². The summed E-state index contributed by atoms with van der Waals surface area (Å²) in [6.45, 7) is 9.95. The number of aromatic hydroxyl groups is 1. The van der Waals surface area contributed by atoms with Crippen molar-refractivity contribution in [3.63, 3.8) is 0 Å². The van der Waals surface area contributed by atoms with Gasteiger partial charge in [-0.25, -0.2) is 28.8 Å². The first kappa shape index (κ1) is 54.9. The van der Waals surface area contributed by atoms with Crippen molar-refractivity contribution >= 4 is 36.1 Å². The van der Waals surface area contributed by atoms with Gasteiger partial charge in [-0.15, -0.1) is 0 Å². The van der Waals surface area contributed by atoms with Gasteiger partial charge in [0, 0.05) is 51.4 Å². The number of phenols is 1. The van der Waals surface area contributed by atoms with Crippen LogP contribution in [0.3, 0.4) is 0 Å². The minimum Gasteiger partial charge on any atom is -0.508 e. The molecule has 21 nitrogen and oxygen atoms in total. The summed E-state index contributed by atoms with van der Waals surface area (Å²) in [5.74, 6) is -1.05. The van der Waals surface area contributed by atoms with Gasteiger partial charge >= 0.3 is 36.1 Å². The van der Waals surface area contributed by atoms with E-state index in [-0.39, 0.29) is 80.4 Å². The van der Waals surface area contributed by atoms with Crippen LogP contribution in [0.1, 0.15) is 97.5 Å². The number of nitrogens with two attached hydrogens (primary N) is 3. The Balaban J connectivity index is 1.98. The van der Waals surface area contributed by atoms with Crippen molar-refractivity contribution < 1.29 is 39.0 Å². The molecule has 2 rings (SSSR count). The fourth-order valence-electron chi connectivity index (χ4n) is 7.26. The Hall–Kier alpha value is -5.28. The van der Waals surface area contributed by atoms with E-state index in [2.05, 4.69) is 47.9 Å². The number of amides is 10. The molecule has 21 heteroatoms. The lowest BCUT2D eigenvalue weighted by molar-refractivity contribution is -0.139. The molecule has 1 aliphatic rings. The summed E-state index contributed by atoms with van der Waals surface area (Å²) < 4.78 is 0. The van der Waals surface area contributed by atoms with Crippen molar-refractivity contribution in [3.8, 4) is 5.75 Å². The molecule has 0 aromatic heterocycles. The second-order valence-electron chi connectivity index (χ2n) is 17.2. The quantitative estimate of drug-likeness (QED) is 0.0512. The van der Waals surface area contributed by atoms with E-state index in [0.717, 1.165) is 44.1 Å². The van der Waals surface area contributed by atoms with Crippen LogP contribution in [0.15, 0.2) is 24.3 Å². The molecule has 0 radical (unpaired) electrons. The second-order valence-corrected chi connectivity index (χ2v) is 17.2. The van der Waals surface area contributed by atoms with Gasteiger partial charge in [-0.1, -0.05) is 59.1 Å². The fraction of sp³-hybridized carbons (Fsp3) is 0.721. The predicted molar refractivity (Wildman–Crippen MR) is 247 cm³/mol. The van der Waals surface area contributed by atoms with Crippen molar-refractivity contribution in [1.29, 1.82) is 0 Å². The number of urea groups is 5. The number of hydrogen-bond acceptors (Lipinski definition) is 10. The largest absolute Gasteiger partial charge is 0.508 e. The van der Waals surface area contributed by atoms with E-state index in [1.807, 2.05) is 27.7 Å². The first-order valence-electron chi connectivity index (χ1n) is 22.9. The molecule has 1 aromatic rings. The maximum absolute atomic E-state index is 13.4. The summed E-state index contributed by atoms with van der Waals surface area (Å²) in [6, 6.07) is 1.19. The van der Waals surface area contributed by atoms with Gasteiger partial charge in [0.1, 0.15) is 11.8 Å². The number of unbranched alkanes of at least 4 members (excludes halogenated alkanes) is 2. The van der Waals surface area contributed by atoms with Crippen LogP contribution in [0.25, 0.3) is 0 Å². The van der Waals surface area contributed by atoms with Gasteiger partial charge in [0.15, 0.2) is 0 Å². The number of aliphatic carboxylic acids is 1. The zero-order valence-electron chi connectivity index (χ0n) is 38.4. The first-order valence-corrected chi connectivity index (χ1v) is 22.9. The topological polar surface area (TPSA) is 332 Å². The zero-order chi connectivity index (χ0) is 47.4. The minimum atomic E-state index is -1.13. The molecule has 0 aliphatic carbocycles. The van der Waals surface area contributed by atoms with E-state index in [1.165, 1.54) is 12.1 Å². The van der Waals surface area contributed by atoms with Crippen LogP contribution >= 0.6 is 0 Å². The SMILES string of the molecule is CCC(C)[C@@H](CNC(=O)N[C@@H](CC(C)C)C(=O)O)NC(=O)NC[C@H](Cc1ccc(O)cc1)NC(=O)NC[C@@H]1CCCN1C(=O)NC[C@H](CCCCN)NC(=O)NC[C@@H](N)CCCCN. The molecule has 1 saturated heterocycles. The predicted octanol–water partition coefficient (Wildman–Crippen LogP) is 1.54. The van der Waals surface area contributed by atoms with Gasteiger partial charge in [-0.3, -0.25) is 0 Å². The zero-order valence-corrected chi connectivity index (χ0v) is 38.4. The Kier molecular flexibility index (Phi) is 26.3. The number of nitrogens with zero attached hydrogens (tertiary/aromatic N) is 1. The summed E-state index contributed by atoms with van der Waals surface area (Å²) in [4.78, 5) is 78.7. The summed E-state index contributed by atoms with van der Waals surface area (Å²) >= 11 is 0. The van der Waals surface area contributed by atoms with Crippen LogP contribution in [0, 0.1) is 11.8 Å². The van der Waals surface area contributed by atoms with Crippen molar-refractivity contribution in [1.82, 2.24) is 52.8 Å². The fourth-order valence-corrected chi connectivity index (χ4v) is 7.26. The molecule has 1 heterocycles. The van der Waals surface area contributed by atoms with Crippen LogP contribution in [0.4, 0.5) is 24.0 Å². The van der Waals surface area contributed by atoms with Gasteiger partial charge in [0.05, 0.1) is 18.1 Å². The Labute approximate surface area is 378 Å². The van der Waals surface area contributed by atoms with Gasteiger partial charge in [-0.2, -0.15) is 0 Å². The molecule has 64 heavy (non-hydrogen) atoms.